The molecule has 3 rings (SSSR count). The maximum absolute atomic E-state index is 12.7. The molecule has 0 atom stereocenters. The van der Waals surface area contributed by atoms with Crippen LogP contribution >= 0.6 is 0 Å². The Labute approximate surface area is 148 Å². The van der Waals surface area contributed by atoms with E-state index in [1.165, 1.54) is 4.31 Å². The summed E-state index contributed by atoms with van der Waals surface area (Å²) < 4.78 is 25.3. The van der Waals surface area contributed by atoms with Crippen LogP contribution in [0.3, 0.4) is 0 Å². The molecule has 0 spiro atoms. The Hall–Kier alpha value is -1.93. The molecule has 1 saturated heterocycles. The molecule has 1 aliphatic heterocycles. The summed E-state index contributed by atoms with van der Waals surface area (Å²) in [6, 6.07) is 5.46. The first kappa shape index (κ1) is 17.9. The molecule has 1 aliphatic rings. The van der Waals surface area contributed by atoms with Crippen molar-refractivity contribution in [3.8, 4) is 0 Å². The number of H-pyrrole nitrogens is 1. The van der Waals surface area contributed by atoms with E-state index in [0.717, 1.165) is 16.9 Å². The second-order valence-electron chi connectivity index (χ2n) is 6.60. The van der Waals surface area contributed by atoms with Crippen molar-refractivity contribution < 1.29 is 13.2 Å². The summed E-state index contributed by atoms with van der Waals surface area (Å²) in [7, 11) is -3.19. The molecule has 1 N–H and O–H groups in total. The zero-order chi connectivity index (χ0) is 18.2. The highest BCUT2D eigenvalue weighted by Gasteiger charge is 2.28. The number of imidazole rings is 1. The SMILES string of the molecule is CCS(=O)(=O)N1CCN(C(=O)c2ccc3nc(C(C)C)[nH]c3c2)CC1. The Morgan fingerprint density at radius 1 is 1.24 bits per heavy atom. The van der Waals surface area contributed by atoms with E-state index in [-0.39, 0.29) is 11.7 Å². The van der Waals surface area contributed by atoms with Gasteiger partial charge in [0.05, 0.1) is 16.8 Å². The van der Waals surface area contributed by atoms with Crippen LogP contribution < -0.4 is 0 Å². The van der Waals surface area contributed by atoms with Crippen LogP contribution in [0, 0.1) is 0 Å². The molecule has 0 radical (unpaired) electrons. The van der Waals surface area contributed by atoms with Crippen molar-refractivity contribution >= 4 is 27.0 Å². The van der Waals surface area contributed by atoms with E-state index in [4.69, 9.17) is 0 Å². The van der Waals surface area contributed by atoms with Crippen molar-refractivity contribution in [2.45, 2.75) is 26.7 Å². The second kappa shape index (κ2) is 6.76. The first-order valence-corrected chi connectivity index (χ1v) is 10.2. The highest BCUT2D eigenvalue weighted by Crippen LogP contribution is 2.20. The van der Waals surface area contributed by atoms with E-state index >= 15 is 0 Å². The standard InChI is InChI=1S/C17H24N4O3S/c1-4-25(23,24)21-9-7-20(8-10-21)17(22)13-5-6-14-15(11-13)19-16(18-14)12(2)3/h5-6,11-12H,4,7-10H2,1-3H3,(H,18,19). The molecule has 2 heterocycles. The van der Waals surface area contributed by atoms with E-state index in [0.29, 0.717) is 37.7 Å². The zero-order valence-electron chi connectivity index (χ0n) is 14.8. The van der Waals surface area contributed by atoms with Gasteiger partial charge in [0.25, 0.3) is 5.91 Å². The third-order valence-corrected chi connectivity index (χ3v) is 6.46. The number of carbonyl (C=O) groups excluding carboxylic acids is 1. The minimum Gasteiger partial charge on any atom is -0.342 e. The average molecular weight is 364 g/mol. The summed E-state index contributed by atoms with van der Waals surface area (Å²) >= 11 is 0. The third-order valence-electron chi connectivity index (χ3n) is 4.58. The van der Waals surface area contributed by atoms with Crippen molar-refractivity contribution in [2.75, 3.05) is 31.9 Å². The number of benzene rings is 1. The van der Waals surface area contributed by atoms with Gasteiger partial charge >= 0.3 is 0 Å². The van der Waals surface area contributed by atoms with E-state index in [1.54, 1.807) is 17.9 Å². The fourth-order valence-corrected chi connectivity index (χ4v) is 4.06. The number of aromatic nitrogens is 2. The predicted molar refractivity (Wildman–Crippen MR) is 97.1 cm³/mol. The summed E-state index contributed by atoms with van der Waals surface area (Å²) in [5, 5.41) is 0. The van der Waals surface area contributed by atoms with Crippen LogP contribution in [0.1, 0.15) is 42.9 Å². The summed E-state index contributed by atoms with van der Waals surface area (Å²) in [6.07, 6.45) is 0. The minimum atomic E-state index is -3.19. The molecule has 1 aromatic carbocycles. The number of amides is 1. The van der Waals surface area contributed by atoms with E-state index in [9.17, 15) is 13.2 Å². The number of carbonyl (C=O) groups is 1. The molecule has 7 nitrogen and oxygen atoms in total. The predicted octanol–water partition coefficient (Wildman–Crippen LogP) is 1.79. The van der Waals surface area contributed by atoms with Crippen LogP contribution in [-0.2, 0) is 10.0 Å². The highest BCUT2D eigenvalue weighted by molar-refractivity contribution is 7.89. The lowest BCUT2D eigenvalue weighted by Crippen LogP contribution is -2.50. The van der Waals surface area contributed by atoms with Crippen molar-refractivity contribution in [1.29, 1.82) is 0 Å². The summed E-state index contributed by atoms with van der Waals surface area (Å²) in [4.78, 5) is 22.2. The van der Waals surface area contributed by atoms with Crippen LogP contribution in [0.25, 0.3) is 11.0 Å². The maximum atomic E-state index is 12.7. The van der Waals surface area contributed by atoms with Gasteiger partial charge in [-0.25, -0.2) is 13.4 Å². The number of rotatable bonds is 4. The van der Waals surface area contributed by atoms with E-state index in [2.05, 4.69) is 23.8 Å². The van der Waals surface area contributed by atoms with Crippen LogP contribution in [0.2, 0.25) is 0 Å². The first-order valence-electron chi connectivity index (χ1n) is 8.58. The minimum absolute atomic E-state index is 0.0730. The molecule has 0 aliphatic carbocycles. The zero-order valence-corrected chi connectivity index (χ0v) is 15.6. The number of hydrogen-bond acceptors (Lipinski definition) is 4. The molecule has 0 saturated carbocycles. The van der Waals surface area contributed by atoms with Gasteiger partial charge < -0.3 is 9.88 Å². The summed E-state index contributed by atoms with van der Waals surface area (Å²) in [6.45, 7) is 7.29. The number of nitrogens with one attached hydrogen (secondary N) is 1. The second-order valence-corrected chi connectivity index (χ2v) is 8.86. The first-order chi connectivity index (χ1) is 11.8. The van der Waals surface area contributed by atoms with Gasteiger partial charge in [-0.15, -0.1) is 0 Å². The molecule has 2 aromatic rings. The van der Waals surface area contributed by atoms with Crippen molar-refractivity contribution in [2.24, 2.45) is 0 Å². The van der Waals surface area contributed by atoms with Crippen molar-refractivity contribution in [3.63, 3.8) is 0 Å². The number of nitrogens with zero attached hydrogens (tertiary/aromatic N) is 3. The van der Waals surface area contributed by atoms with Gasteiger partial charge in [0.15, 0.2) is 0 Å². The lowest BCUT2D eigenvalue weighted by atomic mass is 10.1. The normalized spacial score (nSPS) is 16.7. The van der Waals surface area contributed by atoms with Gasteiger partial charge in [0.2, 0.25) is 10.0 Å². The summed E-state index contributed by atoms with van der Waals surface area (Å²) in [5.41, 5.74) is 2.29. The van der Waals surface area contributed by atoms with Gasteiger partial charge in [0, 0.05) is 37.7 Å². The Bertz CT molecular complexity index is 880. The van der Waals surface area contributed by atoms with Crippen molar-refractivity contribution in [3.05, 3.63) is 29.6 Å². The van der Waals surface area contributed by atoms with E-state index in [1.807, 2.05) is 12.1 Å². The molecule has 136 valence electrons. The fraction of sp³-hybridized carbons (Fsp3) is 0.529. The smallest absolute Gasteiger partial charge is 0.254 e. The lowest BCUT2D eigenvalue weighted by Gasteiger charge is -2.33. The number of aromatic amines is 1. The Kier molecular flexibility index (Phi) is 4.83. The molecule has 25 heavy (non-hydrogen) atoms. The molecular weight excluding hydrogens is 340 g/mol. The monoisotopic (exact) mass is 364 g/mol. The molecule has 0 bridgehead atoms. The molecule has 1 amide bonds. The number of fused-ring (bicyclic) bond motifs is 1. The summed E-state index contributed by atoms with van der Waals surface area (Å²) in [5.74, 6) is 1.21. The van der Waals surface area contributed by atoms with Crippen LogP contribution in [0.4, 0.5) is 0 Å². The largest absolute Gasteiger partial charge is 0.342 e. The highest BCUT2D eigenvalue weighted by atomic mass is 32.2. The van der Waals surface area contributed by atoms with Crippen LogP contribution in [-0.4, -0.2) is 65.4 Å². The maximum Gasteiger partial charge on any atom is 0.254 e. The molecule has 0 unspecified atom stereocenters. The lowest BCUT2D eigenvalue weighted by molar-refractivity contribution is 0.0698. The average Bonchev–Trinajstić information content (AvgIpc) is 3.04. The molecular formula is C17H24N4O3S. The van der Waals surface area contributed by atoms with Crippen LogP contribution in [0.15, 0.2) is 18.2 Å². The van der Waals surface area contributed by atoms with E-state index < -0.39 is 10.0 Å². The topological polar surface area (TPSA) is 86.4 Å². The Morgan fingerprint density at radius 2 is 1.92 bits per heavy atom. The quantitative estimate of drug-likeness (QED) is 0.896. The molecule has 8 heteroatoms. The van der Waals surface area contributed by atoms with Crippen molar-refractivity contribution in [1.82, 2.24) is 19.2 Å². The Morgan fingerprint density at radius 3 is 2.52 bits per heavy atom. The van der Waals surface area contributed by atoms with Crippen LogP contribution in [0.5, 0.6) is 0 Å². The van der Waals surface area contributed by atoms with Gasteiger partial charge in [0.1, 0.15) is 5.82 Å². The number of sulfonamides is 1. The fourth-order valence-electron chi connectivity index (χ4n) is 2.97. The van der Waals surface area contributed by atoms with Gasteiger partial charge in [-0.05, 0) is 25.1 Å². The van der Waals surface area contributed by atoms with Gasteiger partial charge in [-0.3, -0.25) is 4.79 Å². The molecule has 1 fully saturated rings. The molecule has 1 aromatic heterocycles. The third kappa shape index (κ3) is 3.55. The van der Waals surface area contributed by atoms with Gasteiger partial charge in [-0.2, -0.15) is 4.31 Å². The van der Waals surface area contributed by atoms with Gasteiger partial charge in [-0.1, -0.05) is 13.8 Å². The number of hydrogen-bond donors (Lipinski definition) is 1. The Balaban J connectivity index is 1.74. The number of piperazine rings is 1.